The number of methoxy groups -OCH3 is 2. The van der Waals surface area contributed by atoms with E-state index in [1.54, 1.807) is 26.6 Å². The maximum atomic E-state index is 6.28. The lowest BCUT2D eigenvalue weighted by atomic mass is 10.1. The number of aromatic nitrogens is 4. The first-order valence-corrected chi connectivity index (χ1v) is 7.03. The van der Waals surface area contributed by atoms with Crippen LogP contribution in [0.2, 0.25) is 0 Å². The van der Waals surface area contributed by atoms with Gasteiger partial charge in [-0.15, -0.1) is 0 Å². The van der Waals surface area contributed by atoms with Gasteiger partial charge in [-0.25, -0.2) is 4.98 Å². The summed E-state index contributed by atoms with van der Waals surface area (Å²) in [4.78, 5) is 8.44. The quantitative estimate of drug-likeness (QED) is 0.747. The fourth-order valence-corrected chi connectivity index (χ4v) is 2.25. The molecule has 1 atom stereocenters. The number of pyridine rings is 1. The standard InChI is InChI=1S/C16H17N5O2/c1-22-12-4-3-11(9-13(12)23-2)14(17)16-19-15(20-21-16)10-5-7-18-8-6-10/h3-9,14H,17H2,1-2H3,(H,19,20,21)/t14-/m1/s1. The summed E-state index contributed by atoms with van der Waals surface area (Å²) >= 11 is 0. The first kappa shape index (κ1) is 15.0. The molecule has 2 heterocycles. The van der Waals surface area contributed by atoms with E-state index in [1.165, 1.54) is 0 Å². The van der Waals surface area contributed by atoms with E-state index in [-0.39, 0.29) is 0 Å². The molecular formula is C16H17N5O2. The van der Waals surface area contributed by atoms with E-state index in [0.717, 1.165) is 11.1 Å². The number of rotatable bonds is 5. The van der Waals surface area contributed by atoms with Gasteiger partial charge < -0.3 is 15.2 Å². The Hall–Kier alpha value is -2.93. The van der Waals surface area contributed by atoms with Gasteiger partial charge in [-0.2, -0.15) is 5.10 Å². The zero-order valence-corrected chi connectivity index (χ0v) is 12.9. The summed E-state index contributed by atoms with van der Waals surface area (Å²) in [6, 6.07) is 8.76. The van der Waals surface area contributed by atoms with Gasteiger partial charge in [-0.3, -0.25) is 10.1 Å². The molecule has 2 aromatic heterocycles. The van der Waals surface area contributed by atoms with Crippen LogP contribution in [-0.4, -0.2) is 34.4 Å². The average Bonchev–Trinajstić information content (AvgIpc) is 3.11. The molecule has 0 spiro atoms. The number of hydrogen-bond acceptors (Lipinski definition) is 6. The summed E-state index contributed by atoms with van der Waals surface area (Å²) in [7, 11) is 3.18. The number of aromatic amines is 1. The number of nitrogens with two attached hydrogens (primary N) is 1. The van der Waals surface area contributed by atoms with Gasteiger partial charge in [0.2, 0.25) is 0 Å². The second-order valence-electron chi connectivity index (χ2n) is 4.87. The highest BCUT2D eigenvalue weighted by molar-refractivity contribution is 5.53. The minimum Gasteiger partial charge on any atom is -0.493 e. The highest BCUT2D eigenvalue weighted by Gasteiger charge is 2.17. The normalized spacial score (nSPS) is 12.0. The van der Waals surface area contributed by atoms with Crippen molar-refractivity contribution in [1.82, 2.24) is 20.2 Å². The van der Waals surface area contributed by atoms with Crippen molar-refractivity contribution in [3.05, 3.63) is 54.1 Å². The van der Waals surface area contributed by atoms with E-state index >= 15 is 0 Å². The van der Waals surface area contributed by atoms with Gasteiger partial charge in [0.15, 0.2) is 17.3 Å². The molecule has 0 radical (unpaired) electrons. The van der Waals surface area contributed by atoms with Crippen LogP contribution in [0, 0.1) is 0 Å². The van der Waals surface area contributed by atoms with Crippen LogP contribution in [0.5, 0.6) is 11.5 Å². The Bertz CT molecular complexity index is 788. The summed E-state index contributed by atoms with van der Waals surface area (Å²) in [6.45, 7) is 0. The Morgan fingerprint density at radius 1 is 1.04 bits per heavy atom. The van der Waals surface area contributed by atoms with Crippen LogP contribution in [0.25, 0.3) is 11.4 Å². The Morgan fingerprint density at radius 3 is 2.48 bits per heavy atom. The average molecular weight is 311 g/mol. The summed E-state index contributed by atoms with van der Waals surface area (Å²) in [6.07, 6.45) is 3.39. The fraction of sp³-hybridized carbons (Fsp3) is 0.188. The van der Waals surface area contributed by atoms with Crippen molar-refractivity contribution in [3.8, 4) is 22.9 Å². The molecule has 0 saturated carbocycles. The van der Waals surface area contributed by atoms with Crippen molar-refractivity contribution in [2.45, 2.75) is 6.04 Å². The number of nitrogens with zero attached hydrogens (tertiary/aromatic N) is 3. The molecule has 0 amide bonds. The van der Waals surface area contributed by atoms with Gasteiger partial charge in [0, 0.05) is 18.0 Å². The van der Waals surface area contributed by atoms with Crippen LogP contribution in [0.4, 0.5) is 0 Å². The van der Waals surface area contributed by atoms with Crippen molar-refractivity contribution in [2.75, 3.05) is 14.2 Å². The summed E-state index contributed by atoms with van der Waals surface area (Å²) in [5.74, 6) is 2.43. The van der Waals surface area contributed by atoms with Gasteiger partial charge in [0.05, 0.1) is 20.3 Å². The zero-order chi connectivity index (χ0) is 16.2. The molecule has 3 aromatic rings. The molecule has 3 rings (SSSR count). The van der Waals surface area contributed by atoms with E-state index in [0.29, 0.717) is 23.1 Å². The largest absolute Gasteiger partial charge is 0.493 e. The third-order valence-corrected chi connectivity index (χ3v) is 3.50. The van der Waals surface area contributed by atoms with Crippen LogP contribution >= 0.6 is 0 Å². The molecular weight excluding hydrogens is 294 g/mol. The monoisotopic (exact) mass is 311 g/mol. The third kappa shape index (κ3) is 3.00. The highest BCUT2D eigenvalue weighted by atomic mass is 16.5. The first-order chi connectivity index (χ1) is 11.2. The minimum absolute atomic E-state index is 0.446. The molecule has 0 aliphatic heterocycles. The lowest BCUT2D eigenvalue weighted by Crippen LogP contribution is -2.14. The second-order valence-corrected chi connectivity index (χ2v) is 4.87. The molecule has 0 aliphatic rings. The molecule has 23 heavy (non-hydrogen) atoms. The van der Waals surface area contributed by atoms with Gasteiger partial charge in [-0.05, 0) is 29.8 Å². The lowest BCUT2D eigenvalue weighted by molar-refractivity contribution is 0.354. The fourth-order valence-electron chi connectivity index (χ4n) is 2.25. The van der Waals surface area contributed by atoms with Gasteiger partial charge in [0.1, 0.15) is 5.82 Å². The smallest absolute Gasteiger partial charge is 0.181 e. The highest BCUT2D eigenvalue weighted by Crippen LogP contribution is 2.30. The van der Waals surface area contributed by atoms with Crippen molar-refractivity contribution in [3.63, 3.8) is 0 Å². The summed E-state index contributed by atoms with van der Waals surface area (Å²) in [5.41, 5.74) is 8.00. The summed E-state index contributed by atoms with van der Waals surface area (Å²) < 4.78 is 10.5. The molecule has 7 heteroatoms. The third-order valence-electron chi connectivity index (χ3n) is 3.50. The zero-order valence-electron chi connectivity index (χ0n) is 12.9. The molecule has 7 nitrogen and oxygen atoms in total. The van der Waals surface area contributed by atoms with E-state index in [1.807, 2.05) is 30.3 Å². The van der Waals surface area contributed by atoms with Gasteiger partial charge in [-0.1, -0.05) is 6.07 Å². The Balaban J connectivity index is 1.89. The maximum absolute atomic E-state index is 6.28. The van der Waals surface area contributed by atoms with E-state index < -0.39 is 6.04 Å². The number of ether oxygens (including phenoxy) is 2. The van der Waals surface area contributed by atoms with Crippen LogP contribution in [0.15, 0.2) is 42.7 Å². The topological polar surface area (TPSA) is 98.9 Å². The molecule has 1 aromatic carbocycles. The molecule has 3 N–H and O–H groups in total. The van der Waals surface area contributed by atoms with E-state index in [9.17, 15) is 0 Å². The Labute approximate surface area is 133 Å². The van der Waals surface area contributed by atoms with Crippen molar-refractivity contribution in [2.24, 2.45) is 5.73 Å². The summed E-state index contributed by atoms with van der Waals surface area (Å²) in [5, 5.41) is 7.10. The van der Waals surface area contributed by atoms with Crippen molar-refractivity contribution < 1.29 is 9.47 Å². The number of hydrogen-bond donors (Lipinski definition) is 2. The van der Waals surface area contributed by atoms with Gasteiger partial charge >= 0.3 is 0 Å². The molecule has 118 valence electrons. The maximum Gasteiger partial charge on any atom is 0.181 e. The molecule has 0 unspecified atom stereocenters. The van der Waals surface area contributed by atoms with Crippen molar-refractivity contribution in [1.29, 1.82) is 0 Å². The van der Waals surface area contributed by atoms with E-state index in [4.69, 9.17) is 15.2 Å². The molecule has 0 saturated heterocycles. The van der Waals surface area contributed by atoms with Crippen LogP contribution in [0.1, 0.15) is 17.4 Å². The SMILES string of the molecule is COc1ccc([C@@H](N)c2nc(-c3ccncc3)n[nH]2)cc1OC. The van der Waals surface area contributed by atoms with Gasteiger partial charge in [0.25, 0.3) is 0 Å². The molecule has 0 aliphatic carbocycles. The molecule has 0 fully saturated rings. The lowest BCUT2D eigenvalue weighted by Gasteiger charge is -2.12. The van der Waals surface area contributed by atoms with Crippen LogP contribution in [0.3, 0.4) is 0 Å². The predicted octanol–water partition coefficient (Wildman–Crippen LogP) is 1.93. The Morgan fingerprint density at radius 2 is 1.78 bits per heavy atom. The number of benzene rings is 1. The molecule has 0 bridgehead atoms. The first-order valence-electron chi connectivity index (χ1n) is 7.03. The Kier molecular flexibility index (Phi) is 4.20. The second kappa shape index (κ2) is 6.45. The number of nitrogens with one attached hydrogen (secondary N) is 1. The minimum atomic E-state index is -0.446. The van der Waals surface area contributed by atoms with Crippen LogP contribution < -0.4 is 15.2 Å². The number of H-pyrrole nitrogens is 1. The van der Waals surface area contributed by atoms with Crippen molar-refractivity contribution >= 4 is 0 Å². The predicted molar refractivity (Wildman–Crippen MR) is 85.2 cm³/mol. The van der Waals surface area contributed by atoms with Crippen LogP contribution in [-0.2, 0) is 0 Å². The van der Waals surface area contributed by atoms with E-state index in [2.05, 4.69) is 20.2 Å².